The summed E-state index contributed by atoms with van der Waals surface area (Å²) in [7, 11) is 1.59. The van der Waals surface area contributed by atoms with Crippen molar-refractivity contribution in [2.45, 2.75) is 27.0 Å². The Labute approximate surface area is 137 Å². The number of aromatic nitrogens is 4. The van der Waals surface area contributed by atoms with Gasteiger partial charge in [0.15, 0.2) is 5.82 Å². The van der Waals surface area contributed by atoms with Gasteiger partial charge in [-0.1, -0.05) is 5.16 Å². The largest absolute Gasteiger partial charge is 0.377 e. The fourth-order valence-electron chi connectivity index (χ4n) is 1.96. The molecule has 0 unspecified atom stereocenters. The van der Waals surface area contributed by atoms with E-state index in [4.69, 9.17) is 9.26 Å². The molecule has 3 aromatic rings. The van der Waals surface area contributed by atoms with E-state index in [0.717, 1.165) is 22.1 Å². The lowest BCUT2D eigenvalue weighted by Gasteiger charge is -2.03. The molecule has 23 heavy (non-hydrogen) atoms. The van der Waals surface area contributed by atoms with E-state index < -0.39 is 0 Å². The molecule has 3 rings (SSSR count). The van der Waals surface area contributed by atoms with Gasteiger partial charge in [-0.25, -0.2) is 9.97 Å². The van der Waals surface area contributed by atoms with Gasteiger partial charge in [0, 0.05) is 18.2 Å². The summed E-state index contributed by atoms with van der Waals surface area (Å²) in [6.45, 7) is 5.07. The van der Waals surface area contributed by atoms with E-state index in [9.17, 15) is 0 Å². The minimum absolute atomic E-state index is 0.323. The number of nitrogens with zero attached hydrogens (tertiary/aromatic N) is 4. The van der Waals surface area contributed by atoms with Gasteiger partial charge < -0.3 is 14.6 Å². The summed E-state index contributed by atoms with van der Waals surface area (Å²) in [6.07, 6.45) is 1.70. The molecule has 0 saturated carbocycles. The van der Waals surface area contributed by atoms with Crippen LogP contribution in [-0.2, 0) is 17.9 Å². The van der Waals surface area contributed by atoms with Crippen molar-refractivity contribution in [3.63, 3.8) is 0 Å². The Morgan fingerprint density at radius 3 is 2.78 bits per heavy atom. The molecule has 0 spiro atoms. The third kappa shape index (κ3) is 3.72. The van der Waals surface area contributed by atoms with Gasteiger partial charge in [-0.3, -0.25) is 0 Å². The van der Waals surface area contributed by atoms with Crippen LogP contribution in [0, 0.1) is 13.8 Å². The van der Waals surface area contributed by atoms with Crippen molar-refractivity contribution in [2.24, 2.45) is 0 Å². The highest BCUT2D eigenvalue weighted by molar-refractivity contribution is 7.11. The first-order chi connectivity index (χ1) is 11.2. The molecule has 0 fully saturated rings. The topological polar surface area (TPSA) is 86.0 Å². The highest BCUT2D eigenvalue weighted by Crippen LogP contribution is 2.20. The Morgan fingerprint density at radius 2 is 2.13 bits per heavy atom. The lowest BCUT2D eigenvalue weighted by Crippen LogP contribution is -2.00. The van der Waals surface area contributed by atoms with Crippen LogP contribution < -0.4 is 5.32 Å². The standard InChI is InChI=1S/C15H17N5O2S/c1-9-10(2)23-14(18-9)7-17-12-5-4-11(6-16-12)15-19-13(8-21-3)20-22-15/h4-6H,7-8H2,1-3H3,(H,16,17). The first-order valence-corrected chi connectivity index (χ1v) is 7.92. The zero-order chi connectivity index (χ0) is 16.2. The fourth-order valence-corrected chi connectivity index (χ4v) is 2.84. The molecule has 0 aromatic carbocycles. The predicted octanol–water partition coefficient (Wildman–Crippen LogP) is 2.96. The van der Waals surface area contributed by atoms with E-state index in [2.05, 4.69) is 32.3 Å². The highest BCUT2D eigenvalue weighted by Gasteiger charge is 2.09. The van der Waals surface area contributed by atoms with Crippen LogP contribution in [0.5, 0.6) is 0 Å². The molecule has 0 aliphatic carbocycles. The van der Waals surface area contributed by atoms with Crippen LogP contribution in [0.2, 0.25) is 0 Å². The van der Waals surface area contributed by atoms with Gasteiger partial charge in [0.1, 0.15) is 17.4 Å². The first kappa shape index (κ1) is 15.6. The molecule has 8 heteroatoms. The van der Waals surface area contributed by atoms with Crippen molar-refractivity contribution in [3.05, 3.63) is 39.7 Å². The van der Waals surface area contributed by atoms with E-state index in [1.807, 2.05) is 19.1 Å². The average molecular weight is 331 g/mol. The summed E-state index contributed by atoms with van der Waals surface area (Å²) < 4.78 is 10.1. The molecule has 0 aliphatic rings. The van der Waals surface area contributed by atoms with Gasteiger partial charge in [0.05, 0.1) is 17.8 Å². The molecule has 120 valence electrons. The van der Waals surface area contributed by atoms with Crippen LogP contribution in [0.25, 0.3) is 11.5 Å². The molecule has 7 nitrogen and oxygen atoms in total. The van der Waals surface area contributed by atoms with Gasteiger partial charge in [-0.15, -0.1) is 11.3 Å². The first-order valence-electron chi connectivity index (χ1n) is 7.10. The normalized spacial score (nSPS) is 10.9. The maximum absolute atomic E-state index is 5.18. The maximum Gasteiger partial charge on any atom is 0.259 e. The van der Waals surface area contributed by atoms with Gasteiger partial charge in [-0.05, 0) is 26.0 Å². The van der Waals surface area contributed by atoms with E-state index >= 15 is 0 Å². The smallest absolute Gasteiger partial charge is 0.259 e. The minimum atomic E-state index is 0.323. The zero-order valence-electron chi connectivity index (χ0n) is 13.2. The maximum atomic E-state index is 5.18. The number of nitrogens with one attached hydrogen (secondary N) is 1. The van der Waals surface area contributed by atoms with Crippen LogP contribution in [0.4, 0.5) is 5.82 Å². The van der Waals surface area contributed by atoms with Crippen molar-refractivity contribution in [2.75, 3.05) is 12.4 Å². The Morgan fingerprint density at radius 1 is 1.26 bits per heavy atom. The molecule has 0 saturated heterocycles. The number of anilines is 1. The average Bonchev–Trinajstić information content (AvgIpc) is 3.14. The van der Waals surface area contributed by atoms with Gasteiger partial charge in [-0.2, -0.15) is 4.98 Å². The molecule has 0 bridgehead atoms. The van der Waals surface area contributed by atoms with E-state index in [-0.39, 0.29) is 0 Å². The molecular formula is C15H17N5O2S. The summed E-state index contributed by atoms with van der Waals surface area (Å²) in [5, 5.41) is 8.13. The third-order valence-corrected chi connectivity index (χ3v) is 4.32. The number of thiazole rings is 1. The quantitative estimate of drug-likeness (QED) is 0.743. The van der Waals surface area contributed by atoms with Gasteiger partial charge in [0.25, 0.3) is 5.89 Å². The van der Waals surface area contributed by atoms with Crippen LogP contribution in [0.15, 0.2) is 22.9 Å². The third-order valence-electron chi connectivity index (χ3n) is 3.25. The molecular weight excluding hydrogens is 314 g/mol. The number of hydrogen-bond donors (Lipinski definition) is 1. The lowest BCUT2D eigenvalue weighted by atomic mass is 10.3. The number of methoxy groups -OCH3 is 1. The molecule has 3 heterocycles. The SMILES string of the molecule is COCc1noc(-c2ccc(NCc3nc(C)c(C)s3)nc2)n1. The van der Waals surface area contributed by atoms with Gasteiger partial charge in [0.2, 0.25) is 0 Å². The summed E-state index contributed by atoms with van der Waals surface area (Å²) >= 11 is 1.69. The predicted molar refractivity (Wildman–Crippen MR) is 87.2 cm³/mol. The molecule has 0 aliphatic heterocycles. The van der Waals surface area contributed by atoms with Crippen molar-refractivity contribution in [1.82, 2.24) is 20.1 Å². The van der Waals surface area contributed by atoms with Crippen molar-refractivity contribution in [1.29, 1.82) is 0 Å². The van der Waals surface area contributed by atoms with Crippen molar-refractivity contribution < 1.29 is 9.26 Å². The van der Waals surface area contributed by atoms with E-state index in [1.165, 1.54) is 4.88 Å². The van der Waals surface area contributed by atoms with E-state index in [0.29, 0.717) is 24.9 Å². The Hall–Kier alpha value is -2.32. The summed E-state index contributed by atoms with van der Waals surface area (Å²) in [5.74, 6) is 1.72. The second kappa shape index (κ2) is 6.84. The number of hydrogen-bond acceptors (Lipinski definition) is 8. The molecule has 0 atom stereocenters. The summed E-state index contributed by atoms with van der Waals surface area (Å²) in [5.41, 5.74) is 1.85. The zero-order valence-corrected chi connectivity index (χ0v) is 14.0. The van der Waals surface area contributed by atoms with Crippen LogP contribution in [-0.4, -0.2) is 27.2 Å². The van der Waals surface area contributed by atoms with E-state index in [1.54, 1.807) is 24.6 Å². The van der Waals surface area contributed by atoms with Crippen molar-refractivity contribution in [3.8, 4) is 11.5 Å². The highest BCUT2D eigenvalue weighted by atomic mass is 32.1. The Balaban J connectivity index is 1.64. The van der Waals surface area contributed by atoms with Gasteiger partial charge >= 0.3 is 0 Å². The van der Waals surface area contributed by atoms with Crippen LogP contribution >= 0.6 is 11.3 Å². The number of rotatable bonds is 6. The molecule has 0 radical (unpaired) electrons. The van der Waals surface area contributed by atoms with Crippen LogP contribution in [0.3, 0.4) is 0 Å². The lowest BCUT2D eigenvalue weighted by molar-refractivity contribution is 0.174. The molecule has 3 aromatic heterocycles. The summed E-state index contributed by atoms with van der Waals surface area (Å²) in [4.78, 5) is 14.3. The summed E-state index contributed by atoms with van der Waals surface area (Å²) in [6, 6.07) is 3.76. The second-order valence-corrected chi connectivity index (χ2v) is 6.27. The number of ether oxygens (including phenoxy) is 1. The fraction of sp³-hybridized carbons (Fsp3) is 0.333. The molecule has 1 N–H and O–H groups in total. The minimum Gasteiger partial charge on any atom is -0.377 e. The number of pyridine rings is 1. The Kier molecular flexibility index (Phi) is 4.63. The van der Waals surface area contributed by atoms with Crippen LogP contribution in [0.1, 0.15) is 21.4 Å². The monoisotopic (exact) mass is 331 g/mol. The van der Waals surface area contributed by atoms with Crippen molar-refractivity contribution >= 4 is 17.2 Å². The molecule has 0 amide bonds. The second-order valence-electron chi connectivity index (χ2n) is 4.98. The number of aryl methyl sites for hydroxylation is 2. The Bertz CT molecular complexity index is 762.